The largest absolute Gasteiger partial charge is 0.435 e. The molecule has 0 saturated carbocycles. The predicted molar refractivity (Wildman–Crippen MR) is 70.7 cm³/mol. The van der Waals surface area contributed by atoms with Crippen molar-refractivity contribution in [3.8, 4) is 0 Å². The highest BCUT2D eigenvalue weighted by molar-refractivity contribution is 5.67. The van der Waals surface area contributed by atoms with Crippen molar-refractivity contribution in [2.45, 2.75) is 6.18 Å². The SMILES string of the molecule is CN1CCN(Nc2nccn3nc(C(F)(F)F)cc23)CC1. The minimum atomic E-state index is -4.46. The summed E-state index contributed by atoms with van der Waals surface area (Å²) in [4.78, 5) is 6.31. The first-order valence-corrected chi connectivity index (χ1v) is 6.55. The molecule has 114 valence electrons. The number of halogens is 3. The molecule has 2 aromatic heterocycles. The van der Waals surface area contributed by atoms with E-state index in [4.69, 9.17) is 0 Å². The summed E-state index contributed by atoms with van der Waals surface area (Å²) in [5, 5.41) is 5.48. The topological polar surface area (TPSA) is 48.7 Å². The fourth-order valence-corrected chi connectivity index (χ4v) is 2.21. The quantitative estimate of drug-likeness (QED) is 0.906. The van der Waals surface area contributed by atoms with Gasteiger partial charge in [0.2, 0.25) is 0 Å². The Bertz CT molecular complexity index is 629. The van der Waals surface area contributed by atoms with Crippen LogP contribution in [0.4, 0.5) is 19.0 Å². The summed E-state index contributed by atoms with van der Waals surface area (Å²) in [6.45, 7) is 3.34. The minimum Gasteiger partial charge on any atom is -0.304 e. The van der Waals surface area contributed by atoms with E-state index >= 15 is 0 Å². The summed E-state index contributed by atoms with van der Waals surface area (Å²) >= 11 is 0. The van der Waals surface area contributed by atoms with Crippen LogP contribution < -0.4 is 5.43 Å². The van der Waals surface area contributed by atoms with Crippen LogP contribution in [0.15, 0.2) is 18.5 Å². The van der Waals surface area contributed by atoms with Crippen molar-refractivity contribution >= 4 is 11.3 Å². The van der Waals surface area contributed by atoms with Gasteiger partial charge in [0.05, 0.1) is 0 Å². The fraction of sp³-hybridized carbons (Fsp3) is 0.500. The van der Waals surface area contributed by atoms with Gasteiger partial charge in [0, 0.05) is 44.6 Å². The number of hydrogen-bond donors (Lipinski definition) is 1. The zero-order chi connectivity index (χ0) is 15.0. The molecular weight excluding hydrogens is 285 g/mol. The Morgan fingerprint density at radius 1 is 1.19 bits per heavy atom. The number of likely N-dealkylation sites (N-methyl/N-ethyl adjacent to an activating group) is 1. The number of fused-ring (bicyclic) bond motifs is 1. The van der Waals surface area contributed by atoms with Crippen molar-refractivity contribution in [3.05, 3.63) is 24.2 Å². The molecule has 0 bridgehead atoms. The summed E-state index contributed by atoms with van der Waals surface area (Å²) < 4.78 is 39.4. The van der Waals surface area contributed by atoms with Crippen LogP contribution in [-0.2, 0) is 6.18 Å². The molecular formula is C12H15F3N6. The van der Waals surface area contributed by atoms with Gasteiger partial charge in [-0.1, -0.05) is 0 Å². The van der Waals surface area contributed by atoms with Gasteiger partial charge in [0.15, 0.2) is 11.5 Å². The van der Waals surface area contributed by atoms with Crippen LogP contribution in [0.5, 0.6) is 0 Å². The Hall–Kier alpha value is -1.87. The van der Waals surface area contributed by atoms with Crippen LogP contribution in [0.1, 0.15) is 5.69 Å². The highest BCUT2D eigenvalue weighted by Crippen LogP contribution is 2.30. The van der Waals surface area contributed by atoms with Crippen LogP contribution in [0, 0.1) is 0 Å². The number of rotatable bonds is 2. The number of hydrogen-bond acceptors (Lipinski definition) is 5. The Morgan fingerprint density at radius 2 is 1.90 bits per heavy atom. The molecule has 0 spiro atoms. The normalized spacial score (nSPS) is 18.3. The van der Waals surface area contributed by atoms with Gasteiger partial charge in [-0.25, -0.2) is 14.5 Å². The van der Waals surface area contributed by atoms with E-state index in [1.807, 2.05) is 12.1 Å². The molecule has 1 fully saturated rings. The Balaban J connectivity index is 1.86. The van der Waals surface area contributed by atoms with Gasteiger partial charge in [0.25, 0.3) is 0 Å². The number of piperazine rings is 1. The van der Waals surface area contributed by atoms with Crippen molar-refractivity contribution in [1.82, 2.24) is 24.5 Å². The lowest BCUT2D eigenvalue weighted by molar-refractivity contribution is -0.141. The van der Waals surface area contributed by atoms with Crippen LogP contribution in [0.3, 0.4) is 0 Å². The van der Waals surface area contributed by atoms with Crippen molar-refractivity contribution in [1.29, 1.82) is 0 Å². The lowest BCUT2D eigenvalue weighted by atomic mass is 10.3. The van der Waals surface area contributed by atoms with E-state index in [1.54, 1.807) is 0 Å². The van der Waals surface area contributed by atoms with E-state index in [0.717, 1.165) is 32.2 Å². The molecule has 0 aromatic carbocycles. The molecule has 1 aliphatic rings. The van der Waals surface area contributed by atoms with E-state index < -0.39 is 11.9 Å². The Kier molecular flexibility index (Phi) is 3.46. The maximum Gasteiger partial charge on any atom is 0.435 e. The molecule has 0 aliphatic carbocycles. The monoisotopic (exact) mass is 300 g/mol. The third-order valence-electron chi connectivity index (χ3n) is 3.45. The second kappa shape index (κ2) is 5.15. The number of nitrogens with zero attached hydrogens (tertiary/aromatic N) is 5. The van der Waals surface area contributed by atoms with Crippen molar-refractivity contribution < 1.29 is 13.2 Å². The van der Waals surface area contributed by atoms with Crippen molar-refractivity contribution in [3.63, 3.8) is 0 Å². The van der Waals surface area contributed by atoms with E-state index in [-0.39, 0.29) is 0 Å². The molecule has 0 atom stereocenters. The predicted octanol–water partition coefficient (Wildman–Crippen LogP) is 1.32. The molecule has 2 aromatic rings. The van der Waals surface area contributed by atoms with Gasteiger partial charge >= 0.3 is 6.18 Å². The molecule has 0 unspecified atom stereocenters. The third-order valence-corrected chi connectivity index (χ3v) is 3.45. The highest BCUT2D eigenvalue weighted by atomic mass is 19.4. The molecule has 21 heavy (non-hydrogen) atoms. The number of alkyl halides is 3. The Labute approximate surface area is 119 Å². The molecule has 6 nitrogen and oxygen atoms in total. The molecule has 1 aliphatic heterocycles. The molecule has 3 rings (SSSR count). The van der Waals surface area contributed by atoms with Gasteiger partial charge in [-0.3, -0.25) is 0 Å². The minimum absolute atomic E-state index is 0.309. The zero-order valence-corrected chi connectivity index (χ0v) is 11.4. The Morgan fingerprint density at radius 3 is 2.57 bits per heavy atom. The summed E-state index contributed by atoms with van der Waals surface area (Å²) in [6, 6.07) is 1.01. The molecule has 9 heteroatoms. The maximum absolute atomic E-state index is 12.7. The van der Waals surface area contributed by atoms with Gasteiger partial charge in [-0.15, -0.1) is 0 Å². The molecule has 0 radical (unpaired) electrons. The molecule has 0 amide bonds. The van der Waals surface area contributed by atoms with Gasteiger partial charge in [-0.05, 0) is 7.05 Å². The first-order chi connectivity index (χ1) is 9.93. The van der Waals surface area contributed by atoms with Crippen LogP contribution in [0.2, 0.25) is 0 Å². The lowest BCUT2D eigenvalue weighted by Gasteiger charge is -2.32. The molecule has 1 saturated heterocycles. The van der Waals surface area contributed by atoms with E-state index in [0.29, 0.717) is 11.3 Å². The van der Waals surface area contributed by atoms with Gasteiger partial charge in [0.1, 0.15) is 5.52 Å². The molecule has 3 heterocycles. The number of hydrazine groups is 1. The van der Waals surface area contributed by atoms with Crippen LogP contribution >= 0.6 is 0 Å². The van der Waals surface area contributed by atoms with E-state index in [9.17, 15) is 13.2 Å². The first-order valence-electron chi connectivity index (χ1n) is 6.55. The maximum atomic E-state index is 12.7. The summed E-state index contributed by atoms with van der Waals surface area (Å²) in [6.07, 6.45) is -1.63. The smallest absolute Gasteiger partial charge is 0.304 e. The van der Waals surface area contributed by atoms with Crippen molar-refractivity contribution in [2.75, 3.05) is 38.7 Å². The second-order valence-electron chi connectivity index (χ2n) is 5.04. The first kappa shape index (κ1) is 14.1. The third kappa shape index (κ3) is 2.93. The highest BCUT2D eigenvalue weighted by Gasteiger charge is 2.34. The van der Waals surface area contributed by atoms with Crippen LogP contribution in [0.25, 0.3) is 5.52 Å². The number of nitrogens with one attached hydrogen (secondary N) is 1. The zero-order valence-electron chi connectivity index (χ0n) is 11.4. The van der Waals surface area contributed by atoms with Gasteiger partial charge in [-0.2, -0.15) is 18.3 Å². The molecule has 1 N–H and O–H groups in total. The number of anilines is 1. The fourth-order valence-electron chi connectivity index (χ4n) is 2.21. The van der Waals surface area contributed by atoms with Crippen LogP contribution in [-0.4, -0.2) is 57.7 Å². The standard InChI is InChI=1S/C12H15F3N6/c1-19-4-6-20(7-5-19)18-11-9-8-10(12(13,14)15)17-21(9)3-2-16-11/h2-3,8H,4-7H2,1H3,(H,16,18). The van der Waals surface area contributed by atoms with Gasteiger partial charge < -0.3 is 10.3 Å². The number of aromatic nitrogens is 3. The van der Waals surface area contributed by atoms with E-state index in [1.165, 1.54) is 16.9 Å². The summed E-state index contributed by atoms with van der Waals surface area (Å²) in [7, 11) is 2.03. The van der Waals surface area contributed by atoms with E-state index in [2.05, 4.69) is 20.4 Å². The average molecular weight is 300 g/mol. The summed E-state index contributed by atoms with van der Waals surface area (Å²) in [5.41, 5.74) is 2.47. The lowest BCUT2D eigenvalue weighted by Crippen LogP contribution is -2.47. The van der Waals surface area contributed by atoms with Crippen molar-refractivity contribution in [2.24, 2.45) is 0 Å². The average Bonchev–Trinajstić information content (AvgIpc) is 2.86. The second-order valence-corrected chi connectivity index (χ2v) is 5.04. The summed E-state index contributed by atoms with van der Waals surface area (Å²) in [5.74, 6) is 0.380.